The molecule has 1 unspecified atom stereocenters. The van der Waals surface area contributed by atoms with Crippen LogP contribution in [0.4, 0.5) is 0 Å². The number of amides is 1. The monoisotopic (exact) mass is 266 g/mol. The maximum Gasteiger partial charge on any atom is 0.252 e. The Labute approximate surface area is 116 Å². The summed E-state index contributed by atoms with van der Waals surface area (Å²) >= 11 is 0. The first-order valence-electron chi connectivity index (χ1n) is 6.55. The molecule has 0 radical (unpaired) electrons. The minimum absolute atomic E-state index is 0.0727. The molecule has 0 N–H and O–H groups in total. The van der Waals surface area contributed by atoms with Gasteiger partial charge in [-0.05, 0) is 41.7 Å². The van der Waals surface area contributed by atoms with E-state index in [4.69, 9.17) is 4.74 Å². The highest BCUT2D eigenvalue weighted by Gasteiger charge is 2.55. The van der Waals surface area contributed by atoms with E-state index in [2.05, 4.69) is 18.1 Å². The van der Waals surface area contributed by atoms with E-state index >= 15 is 0 Å². The lowest BCUT2D eigenvalue weighted by Gasteiger charge is -2.39. The Hall–Kier alpha value is -1.13. The second-order valence-electron chi connectivity index (χ2n) is 6.21. The first-order chi connectivity index (χ1) is 8.54. The Morgan fingerprint density at radius 2 is 1.95 bits per heavy atom. The van der Waals surface area contributed by atoms with Crippen molar-refractivity contribution in [2.75, 3.05) is 13.6 Å². The Bertz CT molecular complexity index is 399. The van der Waals surface area contributed by atoms with Crippen molar-refractivity contribution < 1.29 is 9.53 Å². The van der Waals surface area contributed by atoms with Crippen LogP contribution in [0.3, 0.4) is 0 Å². The van der Waals surface area contributed by atoms with Crippen LogP contribution >= 0.6 is 0 Å². The highest BCUT2D eigenvalue weighted by Crippen LogP contribution is 2.40. The summed E-state index contributed by atoms with van der Waals surface area (Å²) in [6, 6.07) is 0. The largest absolute Gasteiger partial charge is 0.347 e. The molecule has 0 aromatic carbocycles. The van der Waals surface area contributed by atoms with Gasteiger partial charge >= 0.3 is 0 Å². The number of rotatable bonds is 4. The fraction of sp³-hybridized carbons (Fsp3) is 0.667. The maximum absolute atomic E-state index is 12.5. The summed E-state index contributed by atoms with van der Waals surface area (Å²) in [5.74, 6) is -0.0727. The van der Waals surface area contributed by atoms with Gasteiger partial charge in [0, 0.05) is 12.1 Å². The molecular formula is C15H26N2O2. The van der Waals surface area contributed by atoms with Crippen molar-refractivity contribution in [2.45, 2.75) is 52.1 Å². The van der Waals surface area contributed by atoms with Crippen LogP contribution in [0, 0.1) is 0 Å². The molecule has 1 fully saturated rings. The van der Waals surface area contributed by atoms with Crippen LogP contribution in [0.15, 0.2) is 24.8 Å². The molecule has 1 aliphatic heterocycles. The van der Waals surface area contributed by atoms with Gasteiger partial charge in [-0.2, -0.15) is 0 Å². The molecule has 1 atom stereocenters. The summed E-state index contributed by atoms with van der Waals surface area (Å²) in [5.41, 5.74) is -0.585. The van der Waals surface area contributed by atoms with Crippen molar-refractivity contribution >= 4 is 5.91 Å². The maximum atomic E-state index is 12.5. The Morgan fingerprint density at radius 3 is 2.37 bits per heavy atom. The van der Waals surface area contributed by atoms with Gasteiger partial charge in [0.25, 0.3) is 5.91 Å². The Kier molecular flexibility index (Phi) is 4.27. The van der Waals surface area contributed by atoms with E-state index in [9.17, 15) is 4.79 Å². The zero-order valence-electron chi connectivity index (χ0n) is 13.0. The van der Waals surface area contributed by atoms with Gasteiger partial charge in [-0.3, -0.25) is 14.6 Å². The van der Waals surface area contributed by atoms with Crippen molar-refractivity contribution in [1.82, 2.24) is 9.80 Å². The lowest BCUT2D eigenvalue weighted by Crippen LogP contribution is -2.57. The van der Waals surface area contributed by atoms with E-state index < -0.39 is 11.3 Å². The average Bonchev–Trinajstić information content (AvgIpc) is 2.41. The Morgan fingerprint density at radius 1 is 1.42 bits per heavy atom. The third kappa shape index (κ3) is 2.90. The highest BCUT2D eigenvalue weighted by atomic mass is 16.6. The van der Waals surface area contributed by atoms with Crippen LogP contribution in [-0.4, -0.2) is 46.8 Å². The Balaban J connectivity index is 3.23. The molecule has 0 bridgehead atoms. The third-order valence-electron chi connectivity index (χ3n) is 3.38. The number of carbonyl (C=O) groups excluding carboxylic acids is 1. The molecule has 19 heavy (non-hydrogen) atoms. The van der Waals surface area contributed by atoms with Gasteiger partial charge in [0.15, 0.2) is 0 Å². The molecular weight excluding hydrogens is 240 g/mol. The quantitative estimate of drug-likeness (QED) is 0.578. The molecule has 4 nitrogen and oxygen atoms in total. The summed E-state index contributed by atoms with van der Waals surface area (Å²) in [6.07, 6.45) is 1.68. The minimum Gasteiger partial charge on any atom is -0.347 e. The fourth-order valence-electron chi connectivity index (χ4n) is 2.94. The SMILES string of the molecule is C=CCN(C)C1N(C(=O)C(=C)C)C(C)(C)OC1(C)C. The van der Waals surface area contributed by atoms with Gasteiger partial charge in [0.05, 0.1) is 5.60 Å². The minimum atomic E-state index is -0.653. The van der Waals surface area contributed by atoms with E-state index in [1.54, 1.807) is 11.8 Å². The summed E-state index contributed by atoms with van der Waals surface area (Å²) < 4.78 is 6.09. The predicted octanol–water partition coefficient (Wildman–Crippen LogP) is 2.38. The normalized spacial score (nSPS) is 24.6. The van der Waals surface area contributed by atoms with Crippen molar-refractivity contribution in [1.29, 1.82) is 0 Å². The van der Waals surface area contributed by atoms with Crippen LogP contribution in [0.5, 0.6) is 0 Å². The highest BCUT2D eigenvalue weighted by molar-refractivity contribution is 5.93. The predicted molar refractivity (Wildman–Crippen MR) is 77.5 cm³/mol. The van der Waals surface area contributed by atoms with E-state index in [1.807, 2.05) is 40.8 Å². The molecule has 0 spiro atoms. The zero-order valence-corrected chi connectivity index (χ0v) is 13.0. The summed E-state index contributed by atoms with van der Waals surface area (Å²) in [5, 5.41) is 0. The molecule has 1 amide bonds. The average molecular weight is 266 g/mol. The van der Waals surface area contributed by atoms with Crippen LogP contribution in [-0.2, 0) is 9.53 Å². The molecule has 0 aromatic heterocycles. The van der Waals surface area contributed by atoms with Crippen molar-refractivity contribution in [3.05, 3.63) is 24.8 Å². The number of carbonyl (C=O) groups is 1. The molecule has 1 aliphatic rings. The van der Waals surface area contributed by atoms with Crippen LogP contribution < -0.4 is 0 Å². The van der Waals surface area contributed by atoms with E-state index in [0.29, 0.717) is 12.1 Å². The molecule has 108 valence electrons. The standard InChI is InChI=1S/C15H26N2O2/c1-9-10-16(8)13-14(4,5)19-15(6,7)17(13)12(18)11(2)3/h9,13H,1-2,10H2,3-8H3. The van der Waals surface area contributed by atoms with Crippen LogP contribution in [0.1, 0.15) is 34.6 Å². The number of ether oxygens (including phenoxy) is 1. The van der Waals surface area contributed by atoms with Crippen LogP contribution in [0.2, 0.25) is 0 Å². The van der Waals surface area contributed by atoms with Gasteiger partial charge in [-0.25, -0.2) is 0 Å². The lowest BCUT2D eigenvalue weighted by atomic mass is 10.0. The van der Waals surface area contributed by atoms with Crippen molar-refractivity contribution in [3.8, 4) is 0 Å². The first-order valence-corrected chi connectivity index (χ1v) is 6.55. The smallest absolute Gasteiger partial charge is 0.252 e. The molecule has 0 aromatic rings. The van der Waals surface area contributed by atoms with Gasteiger partial charge in [0.1, 0.15) is 11.9 Å². The van der Waals surface area contributed by atoms with Gasteiger partial charge < -0.3 is 4.74 Å². The lowest BCUT2D eigenvalue weighted by molar-refractivity contribution is -0.147. The second kappa shape index (κ2) is 5.10. The van der Waals surface area contributed by atoms with Gasteiger partial charge in [0.2, 0.25) is 0 Å². The molecule has 1 heterocycles. The van der Waals surface area contributed by atoms with Crippen LogP contribution in [0.25, 0.3) is 0 Å². The number of nitrogens with zero attached hydrogens (tertiary/aromatic N) is 2. The van der Waals surface area contributed by atoms with Gasteiger partial charge in [-0.15, -0.1) is 6.58 Å². The van der Waals surface area contributed by atoms with Crippen molar-refractivity contribution in [2.24, 2.45) is 0 Å². The summed E-state index contributed by atoms with van der Waals surface area (Å²) in [6.45, 7) is 17.8. The molecule has 0 aliphatic carbocycles. The van der Waals surface area contributed by atoms with E-state index in [0.717, 1.165) is 0 Å². The first kappa shape index (κ1) is 15.9. The third-order valence-corrected chi connectivity index (χ3v) is 3.38. The van der Waals surface area contributed by atoms with E-state index in [1.165, 1.54) is 0 Å². The fourth-order valence-corrected chi connectivity index (χ4v) is 2.94. The van der Waals surface area contributed by atoms with E-state index in [-0.39, 0.29) is 12.1 Å². The summed E-state index contributed by atoms with van der Waals surface area (Å²) in [4.78, 5) is 16.3. The number of hydrogen-bond acceptors (Lipinski definition) is 3. The summed E-state index contributed by atoms with van der Waals surface area (Å²) in [7, 11) is 1.97. The van der Waals surface area contributed by atoms with Gasteiger partial charge in [-0.1, -0.05) is 12.7 Å². The number of hydrogen-bond donors (Lipinski definition) is 0. The molecule has 1 saturated heterocycles. The molecule has 4 heteroatoms. The number of likely N-dealkylation sites (N-methyl/N-ethyl adjacent to an activating group) is 1. The zero-order chi connectivity index (χ0) is 15.0. The second-order valence-corrected chi connectivity index (χ2v) is 6.21. The topological polar surface area (TPSA) is 32.8 Å². The molecule has 1 rings (SSSR count). The van der Waals surface area contributed by atoms with Crippen molar-refractivity contribution in [3.63, 3.8) is 0 Å². The molecule has 0 saturated carbocycles.